The molecule has 13 heavy (non-hydrogen) atoms. The van der Waals surface area contributed by atoms with E-state index in [1.165, 1.54) is 0 Å². The Labute approximate surface area is 83.7 Å². The van der Waals surface area contributed by atoms with Crippen LogP contribution in [0.5, 0.6) is 0 Å². The van der Waals surface area contributed by atoms with Gasteiger partial charge in [0.2, 0.25) is 0 Å². The minimum Gasteiger partial charge on any atom is -0.394 e. The van der Waals surface area contributed by atoms with Gasteiger partial charge in [-0.3, -0.25) is 0 Å². The molecule has 4 nitrogen and oxygen atoms in total. The van der Waals surface area contributed by atoms with Gasteiger partial charge < -0.3 is 20.5 Å². The molecular weight excluding hydrogens is 188 g/mol. The molecule has 0 amide bonds. The van der Waals surface area contributed by atoms with Crippen LogP contribution in [0.4, 0.5) is 0 Å². The van der Waals surface area contributed by atoms with Crippen molar-refractivity contribution < 1.29 is 9.84 Å². The van der Waals surface area contributed by atoms with Crippen molar-refractivity contribution in [3.8, 4) is 0 Å². The van der Waals surface area contributed by atoms with Gasteiger partial charge in [0.1, 0.15) is 0 Å². The van der Waals surface area contributed by atoms with Gasteiger partial charge in [0.15, 0.2) is 5.11 Å². The van der Waals surface area contributed by atoms with E-state index in [1.54, 1.807) is 7.05 Å². The molecule has 1 heterocycles. The van der Waals surface area contributed by atoms with Crippen molar-refractivity contribution in [2.45, 2.75) is 25.0 Å². The first-order chi connectivity index (χ1) is 6.26. The van der Waals surface area contributed by atoms with Gasteiger partial charge in [-0.15, -0.1) is 0 Å². The number of ether oxygens (including phenoxy) is 1. The minimum atomic E-state index is 0.0231. The standard InChI is InChI=1S/C8H16N2O2S/c1-9-8(13)10-4-6-2-3-7(5-11)12-6/h6-7,11H,2-5H2,1H3,(H2,9,10,13)/t6-,7+/m1/s1. The molecule has 3 N–H and O–H groups in total. The first kappa shape index (κ1) is 10.7. The molecule has 2 atom stereocenters. The molecule has 0 saturated carbocycles. The van der Waals surface area contributed by atoms with Gasteiger partial charge in [0.25, 0.3) is 0 Å². The van der Waals surface area contributed by atoms with Crippen molar-refractivity contribution >= 4 is 17.3 Å². The highest BCUT2D eigenvalue weighted by atomic mass is 32.1. The number of thiocarbonyl (C=S) groups is 1. The maximum atomic E-state index is 8.82. The number of aliphatic hydroxyl groups excluding tert-OH is 1. The molecule has 5 heteroatoms. The molecule has 0 aliphatic carbocycles. The second-order valence-corrected chi connectivity index (χ2v) is 3.51. The van der Waals surface area contributed by atoms with Crippen LogP contribution in [0.1, 0.15) is 12.8 Å². The topological polar surface area (TPSA) is 53.5 Å². The second kappa shape index (κ2) is 5.36. The van der Waals surface area contributed by atoms with Gasteiger partial charge in [-0.1, -0.05) is 0 Å². The van der Waals surface area contributed by atoms with Crippen LogP contribution >= 0.6 is 12.2 Å². The van der Waals surface area contributed by atoms with Crippen molar-refractivity contribution in [2.24, 2.45) is 0 Å². The summed E-state index contributed by atoms with van der Waals surface area (Å²) in [5.74, 6) is 0. The van der Waals surface area contributed by atoms with E-state index in [4.69, 9.17) is 22.1 Å². The van der Waals surface area contributed by atoms with Gasteiger partial charge in [0, 0.05) is 13.6 Å². The summed E-state index contributed by atoms with van der Waals surface area (Å²) in [6.07, 6.45) is 2.14. The van der Waals surface area contributed by atoms with Crippen molar-refractivity contribution in [2.75, 3.05) is 20.2 Å². The lowest BCUT2D eigenvalue weighted by Crippen LogP contribution is -2.37. The summed E-state index contributed by atoms with van der Waals surface area (Å²) >= 11 is 4.92. The molecule has 0 bridgehead atoms. The number of aliphatic hydroxyl groups is 1. The van der Waals surface area contributed by atoms with Crippen LogP contribution in [0.25, 0.3) is 0 Å². The maximum Gasteiger partial charge on any atom is 0.166 e. The molecule has 76 valence electrons. The van der Waals surface area contributed by atoms with Crippen molar-refractivity contribution in [3.05, 3.63) is 0 Å². The predicted octanol–water partition coefficient (Wildman–Crippen LogP) is -0.380. The number of nitrogens with one attached hydrogen (secondary N) is 2. The zero-order valence-corrected chi connectivity index (χ0v) is 8.56. The van der Waals surface area contributed by atoms with E-state index < -0.39 is 0 Å². The Balaban J connectivity index is 2.13. The second-order valence-electron chi connectivity index (χ2n) is 3.10. The molecule has 0 aromatic rings. The monoisotopic (exact) mass is 204 g/mol. The highest BCUT2D eigenvalue weighted by Gasteiger charge is 2.24. The number of hydrogen-bond donors (Lipinski definition) is 3. The quantitative estimate of drug-likeness (QED) is 0.547. The predicted molar refractivity (Wildman–Crippen MR) is 54.6 cm³/mol. The van der Waals surface area contributed by atoms with Crippen LogP contribution in [0.15, 0.2) is 0 Å². The van der Waals surface area contributed by atoms with Gasteiger partial charge in [-0.05, 0) is 25.1 Å². The van der Waals surface area contributed by atoms with Crippen molar-refractivity contribution in [1.82, 2.24) is 10.6 Å². The van der Waals surface area contributed by atoms with Crippen LogP contribution in [-0.2, 0) is 4.74 Å². The summed E-state index contributed by atoms with van der Waals surface area (Å²) in [5, 5.41) is 15.3. The molecular formula is C8H16N2O2S. The van der Waals surface area contributed by atoms with E-state index in [-0.39, 0.29) is 18.8 Å². The van der Waals surface area contributed by atoms with Crippen molar-refractivity contribution in [3.63, 3.8) is 0 Å². The van der Waals surface area contributed by atoms with Gasteiger partial charge in [-0.2, -0.15) is 0 Å². The molecule has 1 rings (SSSR count). The highest BCUT2D eigenvalue weighted by molar-refractivity contribution is 7.80. The van der Waals surface area contributed by atoms with E-state index in [2.05, 4.69) is 10.6 Å². The Kier molecular flexibility index (Phi) is 4.41. The van der Waals surface area contributed by atoms with E-state index >= 15 is 0 Å². The zero-order chi connectivity index (χ0) is 9.68. The Hall–Kier alpha value is -0.390. The smallest absolute Gasteiger partial charge is 0.166 e. The molecule has 0 spiro atoms. The normalized spacial score (nSPS) is 27.2. The summed E-state index contributed by atoms with van der Waals surface area (Å²) in [6, 6.07) is 0. The van der Waals surface area contributed by atoms with Gasteiger partial charge >= 0.3 is 0 Å². The fourth-order valence-corrected chi connectivity index (χ4v) is 1.44. The zero-order valence-electron chi connectivity index (χ0n) is 7.75. The average molecular weight is 204 g/mol. The van der Waals surface area contributed by atoms with Crippen LogP contribution in [0.3, 0.4) is 0 Å². The molecule has 1 aliphatic rings. The molecule has 0 unspecified atom stereocenters. The Morgan fingerprint density at radius 3 is 2.77 bits per heavy atom. The fraction of sp³-hybridized carbons (Fsp3) is 0.875. The lowest BCUT2D eigenvalue weighted by molar-refractivity contribution is 0.0141. The summed E-state index contributed by atoms with van der Waals surface area (Å²) in [4.78, 5) is 0. The van der Waals surface area contributed by atoms with E-state index in [9.17, 15) is 0 Å². The number of hydrogen-bond acceptors (Lipinski definition) is 3. The lowest BCUT2D eigenvalue weighted by Gasteiger charge is -2.13. The van der Waals surface area contributed by atoms with E-state index in [0.29, 0.717) is 5.11 Å². The number of rotatable bonds is 3. The first-order valence-electron chi connectivity index (χ1n) is 4.48. The Bertz CT molecular complexity index is 178. The molecule has 1 aliphatic heterocycles. The van der Waals surface area contributed by atoms with Gasteiger partial charge in [-0.25, -0.2) is 0 Å². The van der Waals surface area contributed by atoms with E-state index in [0.717, 1.165) is 19.4 Å². The van der Waals surface area contributed by atoms with Crippen LogP contribution in [0, 0.1) is 0 Å². The third-order valence-corrected chi connectivity index (χ3v) is 2.46. The average Bonchev–Trinajstić information content (AvgIpc) is 2.61. The summed E-state index contributed by atoms with van der Waals surface area (Å²) in [6.45, 7) is 0.836. The SMILES string of the molecule is CNC(=S)NC[C@H]1CC[C@@H](CO)O1. The van der Waals surface area contributed by atoms with Gasteiger partial charge in [0.05, 0.1) is 18.8 Å². The third-order valence-electron chi connectivity index (χ3n) is 2.12. The molecule has 0 aromatic carbocycles. The van der Waals surface area contributed by atoms with Crippen LogP contribution in [-0.4, -0.2) is 42.6 Å². The maximum absolute atomic E-state index is 8.82. The van der Waals surface area contributed by atoms with Crippen LogP contribution in [0.2, 0.25) is 0 Å². The third kappa shape index (κ3) is 3.46. The molecule has 0 radical (unpaired) electrons. The largest absolute Gasteiger partial charge is 0.394 e. The Morgan fingerprint density at radius 2 is 2.23 bits per heavy atom. The molecule has 1 saturated heterocycles. The van der Waals surface area contributed by atoms with Crippen LogP contribution < -0.4 is 10.6 Å². The summed E-state index contributed by atoms with van der Waals surface area (Å²) in [7, 11) is 1.78. The fourth-order valence-electron chi connectivity index (χ4n) is 1.36. The lowest BCUT2D eigenvalue weighted by atomic mass is 10.2. The summed E-state index contributed by atoms with van der Waals surface area (Å²) < 4.78 is 5.51. The van der Waals surface area contributed by atoms with Crippen molar-refractivity contribution in [1.29, 1.82) is 0 Å². The molecule has 1 fully saturated rings. The Morgan fingerprint density at radius 1 is 1.54 bits per heavy atom. The highest BCUT2D eigenvalue weighted by Crippen LogP contribution is 2.18. The summed E-state index contributed by atoms with van der Waals surface area (Å²) in [5.41, 5.74) is 0. The van der Waals surface area contributed by atoms with E-state index in [1.807, 2.05) is 0 Å². The minimum absolute atomic E-state index is 0.0231. The molecule has 0 aromatic heterocycles. The first-order valence-corrected chi connectivity index (χ1v) is 4.89.